The van der Waals surface area contributed by atoms with Crippen LogP contribution in [0.1, 0.15) is 41.1 Å². The van der Waals surface area contributed by atoms with Crippen LogP contribution >= 0.6 is 0 Å². The van der Waals surface area contributed by atoms with Crippen molar-refractivity contribution in [3.8, 4) is 5.75 Å². The highest BCUT2D eigenvalue weighted by atomic mass is 32.2. The van der Waals surface area contributed by atoms with E-state index in [1.165, 1.54) is 0 Å². The molecule has 0 spiro atoms. The first-order valence-corrected chi connectivity index (χ1v) is 10.0. The Hall–Kier alpha value is -1.85. The van der Waals surface area contributed by atoms with Crippen molar-refractivity contribution in [2.45, 2.75) is 44.6 Å². The van der Waals surface area contributed by atoms with Crippen molar-refractivity contribution in [3.63, 3.8) is 0 Å². The van der Waals surface area contributed by atoms with E-state index in [0.29, 0.717) is 11.4 Å². The minimum atomic E-state index is -3.52. The SMILES string of the molecule is COc1ccc([C@@H]2CCCN2S(=O)(=O)c2cc(C)c(C)cc2C)cc1. The van der Waals surface area contributed by atoms with Gasteiger partial charge in [0, 0.05) is 6.54 Å². The molecule has 1 aliphatic heterocycles. The van der Waals surface area contributed by atoms with Crippen LogP contribution in [0.4, 0.5) is 0 Å². The Balaban J connectivity index is 1.99. The molecule has 0 radical (unpaired) electrons. The van der Waals surface area contributed by atoms with Gasteiger partial charge in [-0.05, 0) is 74.1 Å². The average molecular weight is 359 g/mol. The number of benzene rings is 2. The van der Waals surface area contributed by atoms with E-state index in [4.69, 9.17) is 4.74 Å². The smallest absolute Gasteiger partial charge is 0.243 e. The fraction of sp³-hybridized carbons (Fsp3) is 0.400. The number of sulfonamides is 1. The number of rotatable bonds is 4. The lowest BCUT2D eigenvalue weighted by Gasteiger charge is -2.26. The molecule has 1 saturated heterocycles. The van der Waals surface area contributed by atoms with Crippen molar-refractivity contribution < 1.29 is 13.2 Å². The first kappa shape index (κ1) is 18.0. The molecule has 0 amide bonds. The van der Waals surface area contributed by atoms with Crippen molar-refractivity contribution >= 4 is 10.0 Å². The van der Waals surface area contributed by atoms with Gasteiger partial charge < -0.3 is 4.74 Å². The summed E-state index contributed by atoms with van der Waals surface area (Å²) in [4.78, 5) is 0.427. The Morgan fingerprint density at radius 2 is 1.64 bits per heavy atom. The molecule has 134 valence electrons. The van der Waals surface area contributed by atoms with Crippen LogP contribution in [0.15, 0.2) is 41.3 Å². The van der Waals surface area contributed by atoms with Gasteiger partial charge in [0.1, 0.15) is 5.75 Å². The molecule has 3 rings (SSSR count). The predicted octanol–water partition coefficient (Wildman–Crippen LogP) is 4.15. The summed E-state index contributed by atoms with van der Waals surface area (Å²) >= 11 is 0. The molecule has 1 aliphatic rings. The number of ether oxygens (including phenoxy) is 1. The van der Waals surface area contributed by atoms with Gasteiger partial charge in [-0.25, -0.2) is 8.42 Å². The normalized spacial score (nSPS) is 18.5. The first-order chi connectivity index (χ1) is 11.8. The van der Waals surface area contributed by atoms with E-state index in [1.54, 1.807) is 11.4 Å². The zero-order chi connectivity index (χ0) is 18.2. The van der Waals surface area contributed by atoms with Crippen molar-refractivity contribution in [1.29, 1.82) is 0 Å². The minimum absolute atomic E-state index is 0.114. The highest BCUT2D eigenvalue weighted by Crippen LogP contribution is 2.38. The van der Waals surface area contributed by atoms with E-state index in [-0.39, 0.29) is 6.04 Å². The first-order valence-electron chi connectivity index (χ1n) is 8.58. The monoisotopic (exact) mass is 359 g/mol. The summed E-state index contributed by atoms with van der Waals surface area (Å²) < 4.78 is 33.5. The second kappa shape index (κ2) is 6.81. The van der Waals surface area contributed by atoms with Gasteiger partial charge in [0.2, 0.25) is 10.0 Å². The summed E-state index contributed by atoms with van der Waals surface area (Å²) in [5, 5.41) is 0. The molecular weight excluding hydrogens is 334 g/mol. The van der Waals surface area contributed by atoms with Crippen molar-refractivity contribution in [2.75, 3.05) is 13.7 Å². The van der Waals surface area contributed by atoms with Gasteiger partial charge >= 0.3 is 0 Å². The van der Waals surface area contributed by atoms with Gasteiger partial charge in [-0.3, -0.25) is 0 Å². The summed E-state index contributed by atoms with van der Waals surface area (Å²) in [5.74, 6) is 0.779. The van der Waals surface area contributed by atoms with Crippen LogP contribution in [-0.2, 0) is 10.0 Å². The molecule has 0 aromatic heterocycles. The van der Waals surface area contributed by atoms with E-state index >= 15 is 0 Å². The van der Waals surface area contributed by atoms with E-state index in [1.807, 2.05) is 57.2 Å². The molecule has 0 N–H and O–H groups in total. The fourth-order valence-corrected chi connectivity index (χ4v) is 5.50. The van der Waals surface area contributed by atoms with Crippen LogP contribution in [0.3, 0.4) is 0 Å². The maximum atomic E-state index is 13.3. The second-order valence-corrected chi connectivity index (χ2v) is 8.61. The van der Waals surface area contributed by atoms with Crippen LogP contribution in [0.5, 0.6) is 5.75 Å². The summed E-state index contributed by atoms with van der Waals surface area (Å²) in [6.07, 6.45) is 1.72. The molecule has 0 saturated carbocycles. The summed E-state index contributed by atoms with van der Waals surface area (Å²) in [6.45, 7) is 6.40. The van der Waals surface area contributed by atoms with Gasteiger partial charge in [0.25, 0.3) is 0 Å². The minimum Gasteiger partial charge on any atom is -0.497 e. The van der Waals surface area contributed by atoms with Gasteiger partial charge in [0.05, 0.1) is 18.0 Å². The molecule has 25 heavy (non-hydrogen) atoms. The Bertz CT molecular complexity index is 873. The Labute approximate surface area is 150 Å². The van der Waals surface area contributed by atoms with Crippen LogP contribution < -0.4 is 4.74 Å². The molecule has 0 bridgehead atoms. The standard InChI is InChI=1S/C20H25NO3S/c1-14-12-16(3)20(13-15(14)2)25(22,23)21-11-5-6-19(21)17-7-9-18(24-4)10-8-17/h7-10,12-13,19H,5-6,11H2,1-4H3/t19-/m0/s1. The molecular formula is C20H25NO3S. The summed E-state index contributed by atoms with van der Waals surface area (Å²) in [6, 6.07) is 11.4. The predicted molar refractivity (Wildman–Crippen MR) is 99.5 cm³/mol. The molecule has 0 unspecified atom stereocenters. The number of hydrogen-bond donors (Lipinski definition) is 0. The Morgan fingerprint density at radius 3 is 2.28 bits per heavy atom. The molecule has 0 aliphatic carbocycles. The third-order valence-corrected chi connectivity index (χ3v) is 7.13. The Morgan fingerprint density at radius 1 is 1.00 bits per heavy atom. The van der Waals surface area contributed by atoms with E-state index in [2.05, 4.69) is 0 Å². The highest BCUT2D eigenvalue weighted by Gasteiger charge is 2.37. The number of hydrogen-bond acceptors (Lipinski definition) is 3. The van der Waals surface area contributed by atoms with Gasteiger partial charge in [-0.15, -0.1) is 0 Å². The Kier molecular flexibility index (Phi) is 4.89. The molecule has 2 aromatic rings. The van der Waals surface area contributed by atoms with Crippen LogP contribution in [0, 0.1) is 20.8 Å². The molecule has 4 nitrogen and oxygen atoms in total. The zero-order valence-electron chi connectivity index (χ0n) is 15.2. The summed E-state index contributed by atoms with van der Waals surface area (Å²) in [5.41, 5.74) is 3.95. The lowest BCUT2D eigenvalue weighted by Crippen LogP contribution is -2.31. The van der Waals surface area contributed by atoms with Gasteiger partial charge in [-0.1, -0.05) is 18.2 Å². The third-order valence-electron chi connectivity index (χ3n) is 5.08. The van der Waals surface area contributed by atoms with E-state index < -0.39 is 10.0 Å². The largest absolute Gasteiger partial charge is 0.497 e. The van der Waals surface area contributed by atoms with Crippen LogP contribution in [-0.4, -0.2) is 26.4 Å². The van der Waals surface area contributed by atoms with Crippen molar-refractivity contribution in [1.82, 2.24) is 4.31 Å². The molecule has 1 atom stereocenters. The highest BCUT2D eigenvalue weighted by molar-refractivity contribution is 7.89. The third kappa shape index (κ3) is 3.31. The maximum Gasteiger partial charge on any atom is 0.243 e. The maximum absolute atomic E-state index is 13.3. The van der Waals surface area contributed by atoms with E-state index in [0.717, 1.165) is 40.8 Å². The van der Waals surface area contributed by atoms with Gasteiger partial charge in [-0.2, -0.15) is 4.31 Å². The lowest BCUT2D eigenvalue weighted by molar-refractivity contribution is 0.394. The molecule has 5 heteroatoms. The summed E-state index contributed by atoms with van der Waals surface area (Å²) in [7, 11) is -1.89. The fourth-order valence-electron chi connectivity index (χ4n) is 3.53. The topological polar surface area (TPSA) is 46.6 Å². The van der Waals surface area contributed by atoms with Crippen molar-refractivity contribution in [3.05, 3.63) is 58.7 Å². The zero-order valence-corrected chi connectivity index (χ0v) is 16.1. The number of nitrogens with zero attached hydrogens (tertiary/aromatic N) is 1. The number of aryl methyl sites for hydroxylation is 3. The number of methoxy groups -OCH3 is 1. The van der Waals surface area contributed by atoms with Gasteiger partial charge in [0.15, 0.2) is 0 Å². The van der Waals surface area contributed by atoms with Crippen molar-refractivity contribution in [2.24, 2.45) is 0 Å². The lowest BCUT2D eigenvalue weighted by atomic mass is 10.1. The quantitative estimate of drug-likeness (QED) is 0.824. The van der Waals surface area contributed by atoms with E-state index in [9.17, 15) is 8.42 Å². The molecule has 2 aromatic carbocycles. The average Bonchev–Trinajstić information content (AvgIpc) is 3.08. The second-order valence-electron chi connectivity index (χ2n) is 6.75. The molecule has 1 fully saturated rings. The van der Waals surface area contributed by atoms with Crippen LogP contribution in [0.2, 0.25) is 0 Å². The van der Waals surface area contributed by atoms with Crippen LogP contribution in [0.25, 0.3) is 0 Å². The molecule has 1 heterocycles.